The molecule has 2 aliphatic rings. The molecule has 0 saturated carbocycles. The van der Waals surface area contributed by atoms with E-state index < -0.39 is 11.6 Å². The van der Waals surface area contributed by atoms with Crippen molar-refractivity contribution < 1.29 is 47.9 Å². The van der Waals surface area contributed by atoms with Crippen LogP contribution in [-0.2, 0) is 60.4 Å². The van der Waals surface area contributed by atoms with E-state index in [4.69, 9.17) is 28.4 Å². The fraction of sp³-hybridized carbons (Fsp3) is 0.278. The van der Waals surface area contributed by atoms with Crippen LogP contribution in [0.5, 0.6) is 5.75 Å². The molecule has 0 aliphatic carbocycles. The van der Waals surface area contributed by atoms with E-state index in [0.29, 0.717) is 93.5 Å². The van der Waals surface area contributed by atoms with E-state index in [1.54, 1.807) is 94.7 Å². The third kappa shape index (κ3) is 12.0. The van der Waals surface area contributed by atoms with Crippen molar-refractivity contribution in [2.45, 2.75) is 57.3 Å². The van der Waals surface area contributed by atoms with Gasteiger partial charge in [0.1, 0.15) is 19.0 Å². The quantitative estimate of drug-likeness (QED) is 0.0751. The van der Waals surface area contributed by atoms with Crippen molar-refractivity contribution in [3.63, 3.8) is 0 Å². The Kier molecular flexibility index (Phi) is 15.6. The van der Waals surface area contributed by atoms with Gasteiger partial charge in [0, 0.05) is 55.7 Å². The molecule has 0 bridgehead atoms. The average Bonchev–Trinajstić information content (AvgIpc) is 4.11. The Morgan fingerprint density at radius 3 is 1.47 bits per heavy atom. The summed E-state index contributed by atoms with van der Waals surface area (Å²) in [5.41, 5.74) is 2.60. The molecule has 1 atom stereocenters. The van der Waals surface area contributed by atoms with Crippen LogP contribution in [0.15, 0.2) is 164 Å². The zero-order chi connectivity index (χ0) is 45.6. The summed E-state index contributed by atoms with van der Waals surface area (Å²) in [5.74, 6) is -0.823. The molecule has 8 rings (SSSR count). The van der Waals surface area contributed by atoms with Crippen molar-refractivity contribution in [2.24, 2.45) is 0 Å². The number of carbonyl (C=O) groups excluding carboxylic acids is 3. The summed E-state index contributed by atoms with van der Waals surface area (Å²) >= 11 is 0. The molecule has 12 heteroatoms. The molecule has 12 nitrogen and oxygen atoms in total. The van der Waals surface area contributed by atoms with Crippen molar-refractivity contribution >= 4 is 17.8 Å². The Bertz CT molecular complexity index is 2510. The molecule has 2 aliphatic heterocycles. The molecule has 340 valence electrons. The van der Waals surface area contributed by atoms with E-state index in [9.17, 15) is 19.5 Å². The fourth-order valence-electron chi connectivity index (χ4n) is 8.05. The van der Waals surface area contributed by atoms with E-state index in [0.717, 1.165) is 16.7 Å². The Balaban J connectivity index is 0.947. The van der Waals surface area contributed by atoms with Crippen LogP contribution >= 0.6 is 0 Å². The number of hydrogen-bond donors (Lipinski definition) is 1. The normalized spacial score (nSPS) is 14.9. The number of nitrogens with zero attached hydrogens (tertiary/aromatic N) is 2. The van der Waals surface area contributed by atoms with Gasteiger partial charge < -0.3 is 43.3 Å². The van der Waals surface area contributed by atoms with Gasteiger partial charge in [0.05, 0.1) is 26.4 Å². The van der Waals surface area contributed by atoms with Gasteiger partial charge in [-0.05, 0) is 64.2 Å². The Hall–Kier alpha value is -6.67. The summed E-state index contributed by atoms with van der Waals surface area (Å²) in [5, 5.41) is 12.4. The summed E-state index contributed by atoms with van der Waals surface area (Å²) in [7, 11) is 0. The summed E-state index contributed by atoms with van der Waals surface area (Å²) in [6.45, 7) is 3.74. The predicted molar refractivity (Wildman–Crippen MR) is 246 cm³/mol. The second kappa shape index (κ2) is 22.5. The maximum atomic E-state index is 14.2. The first kappa shape index (κ1) is 45.9. The minimum Gasteiger partial charge on any atom is -0.489 e. The number of aliphatic hydroxyl groups is 1. The largest absolute Gasteiger partial charge is 0.489 e. The lowest BCUT2D eigenvalue weighted by Gasteiger charge is -2.27. The lowest BCUT2D eigenvalue weighted by Crippen LogP contribution is -2.38. The highest BCUT2D eigenvalue weighted by atomic mass is 16.7. The molecular formula is C54H54N2O10. The van der Waals surface area contributed by atoms with Gasteiger partial charge in [-0.2, -0.15) is 0 Å². The van der Waals surface area contributed by atoms with E-state index >= 15 is 0 Å². The highest BCUT2D eigenvalue weighted by molar-refractivity contribution is 5.95. The molecule has 0 spiro atoms. The minimum atomic E-state index is -2.21. The maximum Gasteiger partial charge on any atom is 0.348 e. The second-order valence-corrected chi connectivity index (χ2v) is 16.2. The predicted octanol–water partition coefficient (Wildman–Crippen LogP) is 8.06. The lowest BCUT2D eigenvalue weighted by molar-refractivity contribution is -0.163. The first-order valence-electron chi connectivity index (χ1n) is 22.3. The van der Waals surface area contributed by atoms with Crippen molar-refractivity contribution in [3.8, 4) is 5.75 Å². The van der Waals surface area contributed by atoms with Crippen LogP contribution in [0, 0.1) is 0 Å². The number of carbonyl (C=O) groups is 3. The fourth-order valence-corrected chi connectivity index (χ4v) is 8.05. The van der Waals surface area contributed by atoms with Gasteiger partial charge in [-0.25, -0.2) is 4.79 Å². The molecule has 6 aromatic carbocycles. The number of amides is 2. The van der Waals surface area contributed by atoms with Gasteiger partial charge in [0.25, 0.3) is 11.8 Å². The first-order valence-corrected chi connectivity index (χ1v) is 22.3. The van der Waals surface area contributed by atoms with Crippen molar-refractivity contribution in [2.75, 3.05) is 39.5 Å². The van der Waals surface area contributed by atoms with Gasteiger partial charge in [0.2, 0.25) is 5.60 Å². The Morgan fingerprint density at radius 1 is 0.515 bits per heavy atom. The smallest absolute Gasteiger partial charge is 0.348 e. The first-order chi connectivity index (χ1) is 32.3. The summed E-state index contributed by atoms with van der Waals surface area (Å²) in [4.78, 5) is 45.8. The second-order valence-electron chi connectivity index (χ2n) is 16.2. The molecule has 66 heavy (non-hydrogen) atoms. The molecule has 0 radical (unpaired) electrons. The Labute approximate surface area is 385 Å². The number of ether oxygens (including phenoxy) is 6. The topological polar surface area (TPSA) is 133 Å². The van der Waals surface area contributed by atoms with Crippen LogP contribution in [0.2, 0.25) is 0 Å². The van der Waals surface area contributed by atoms with E-state index in [-0.39, 0.29) is 43.2 Å². The number of benzene rings is 6. The highest BCUT2D eigenvalue weighted by Gasteiger charge is 2.42. The Morgan fingerprint density at radius 2 is 0.955 bits per heavy atom. The number of esters is 1. The van der Waals surface area contributed by atoms with Crippen LogP contribution in [-0.4, -0.2) is 84.8 Å². The van der Waals surface area contributed by atoms with Gasteiger partial charge in [0.15, 0.2) is 12.6 Å². The van der Waals surface area contributed by atoms with Gasteiger partial charge in [-0.15, -0.1) is 0 Å². The monoisotopic (exact) mass is 890 g/mol. The van der Waals surface area contributed by atoms with Crippen LogP contribution < -0.4 is 4.74 Å². The third-order valence-corrected chi connectivity index (χ3v) is 11.5. The minimum absolute atomic E-state index is 0.112. The maximum absolute atomic E-state index is 14.2. The molecule has 0 aromatic heterocycles. The third-order valence-electron chi connectivity index (χ3n) is 11.5. The van der Waals surface area contributed by atoms with Gasteiger partial charge in [-0.1, -0.05) is 127 Å². The highest BCUT2D eigenvalue weighted by Crippen LogP contribution is 2.34. The average molecular weight is 891 g/mol. The van der Waals surface area contributed by atoms with E-state index in [1.807, 2.05) is 78.9 Å². The SMILES string of the molecule is O=C(c1cccc(COC(=O)C(O)(c2ccccc2)c2cccc(OCc3cccc(C(=O)N(CCC4OCCO4)Cc4ccccc4)c3)c2)c1)N(CCC1OCCO1)Cc1ccccc1. The summed E-state index contributed by atoms with van der Waals surface area (Å²) in [6.07, 6.45) is 0.374. The molecule has 2 amide bonds. The van der Waals surface area contributed by atoms with Crippen molar-refractivity contribution in [1.82, 2.24) is 9.80 Å². The molecule has 2 heterocycles. The van der Waals surface area contributed by atoms with Gasteiger partial charge in [-0.3, -0.25) is 9.59 Å². The standard InChI is InChI=1S/C54H54N2O10/c57-51(55(27-25-49-61-29-30-62-49)36-40-13-4-1-5-14-40)44-19-10-17-42(33-44)38-65-48-24-12-23-47(35-48)54(60,46-21-8-3-9-22-46)53(59)66-39-43-18-11-20-45(34-43)52(58)56(28-26-50-63-31-32-64-50)37-41-15-6-2-7-16-41/h1-24,33-35,49-50,60H,25-32,36-39H2. The molecule has 2 fully saturated rings. The summed E-state index contributed by atoms with van der Waals surface area (Å²) in [6, 6.07) is 49.2. The zero-order valence-corrected chi connectivity index (χ0v) is 36.7. The van der Waals surface area contributed by atoms with Crippen LogP contribution in [0.1, 0.15) is 66.9 Å². The van der Waals surface area contributed by atoms with Crippen LogP contribution in [0.4, 0.5) is 0 Å². The summed E-state index contributed by atoms with van der Waals surface area (Å²) < 4.78 is 34.7. The molecule has 1 N–H and O–H groups in total. The van der Waals surface area contributed by atoms with Crippen molar-refractivity contribution in [1.29, 1.82) is 0 Å². The van der Waals surface area contributed by atoms with Crippen LogP contribution in [0.3, 0.4) is 0 Å². The van der Waals surface area contributed by atoms with Crippen LogP contribution in [0.25, 0.3) is 0 Å². The lowest BCUT2D eigenvalue weighted by atomic mass is 9.86. The molecular weight excluding hydrogens is 837 g/mol. The molecule has 6 aromatic rings. The number of rotatable bonds is 20. The molecule has 2 saturated heterocycles. The zero-order valence-electron chi connectivity index (χ0n) is 36.7. The number of hydrogen-bond acceptors (Lipinski definition) is 10. The van der Waals surface area contributed by atoms with E-state index in [1.165, 1.54) is 0 Å². The molecule has 1 unspecified atom stereocenters. The van der Waals surface area contributed by atoms with Crippen molar-refractivity contribution in [3.05, 3.63) is 208 Å². The van der Waals surface area contributed by atoms with Gasteiger partial charge >= 0.3 is 5.97 Å². The van der Waals surface area contributed by atoms with E-state index in [2.05, 4.69) is 0 Å².